The molecule has 27 heavy (non-hydrogen) atoms. The van der Waals surface area contributed by atoms with Crippen LogP contribution in [0.3, 0.4) is 0 Å². The molecular weight excluding hydrogens is 395 g/mol. The molecule has 1 fully saturated rings. The van der Waals surface area contributed by atoms with Gasteiger partial charge in [0.25, 0.3) is 0 Å². The summed E-state index contributed by atoms with van der Waals surface area (Å²) in [6.07, 6.45) is 3.36. The highest BCUT2D eigenvalue weighted by Crippen LogP contribution is 2.39. The number of rotatable bonds is 4. The van der Waals surface area contributed by atoms with Gasteiger partial charge in [-0.3, -0.25) is 10.3 Å². The number of pyridine rings is 1. The molecule has 4 nitrogen and oxygen atoms in total. The SMILES string of the molecule is Cc1cnccc1CN1C(=O)NC(=S)[C@@]1(C)c1ccc(SC(F)(F)F)cc1. The van der Waals surface area contributed by atoms with Gasteiger partial charge in [-0.25, -0.2) is 4.79 Å². The smallest absolute Gasteiger partial charge is 0.304 e. The maximum atomic E-state index is 12.5. The van der Waals surface area contributed by atoms with Crippen LogP contribution in [0.4, 0.5) is 18.0 Å². The summed E-state index contributed by atoms with van der Waals surface area (Å²) < 4.78 is 37.6. The van der Waals surface area contributed by atoms with E-state index in [1.165, 1.54) is 12.1 Å². The van der Waals surface area contributed by atoms with Crippen LogP contribution in [0.25, 0.3) is 0 Å². The summed E-state index contributed by atoms with van der Waals surface area (Å²) in [6.45, 7) is 3.99. The van der Waals surface area contributed by atoms with E-state index in [9.17, 15) is 18.0 Å². The van der Waals surface area contributed by atoms with Crippen molar-refractivity contribution >= 4 is 35.0 Å². The monoisotopic (exact) mass is 411 g/mol. The molecule has 0 radical (unpaired) electrons. The molecule has 142 valence electrons. The first-order valence-corrected chi connectivity index (χ1v) is 9.22. The van der Waals surface area contributed by atoms with Gasteiger partial charge < -0.3 is 4.90 Å². The lowest BCUT2D eigenvalue weighted by molar-refractivity contribution is -0.0328. The number of hydrogen-bond donors (Lipinski definition) is 1. The second-order valence-electron chi connectivity index (χ2n) is 6.29. The van der Waals surface area contributed by atoms with Crippen molar-refractivity contribution in [2.45, 2.75) is 36.3 Å². The average molecular weight is 411 g/mol. The van der Waals surface area contributed by atoms with Gasteiger partial charge in [-0.1, -0.05) is 24.4 Å². The number of hydrogen-bond acceptors (Lipinski definition) is 4. The summed E-state index contributed by atoms with van der Waals surface area (Å²) in [4.78, 5) is 18.5. The predicted octanol–water partition coefficient (Wildman–Crippen LogP) is 4.77. The fourth-order valence-corrected chi connectivity index (χ4v) is 3.81. The van der Waals surface area contributed by atoms with Crippen molar-refractivity contribution in [2.75, 3.05) is 0 Å². The topological polar surface area (TPSA) is 45.2 Å². The van der Waals surface area contributed by atoms with E-state index in [0.29, 0.717) is 17.1 Å². The largest absolute Gasteiger partial charge is 0.446 e. The normalized spacial score (nSPS) is 20.1. The van der Waals surface area contributed by atoms with E-state index in [-0.39, 0.29) is 22.7 Å². The summed E-state index contributed by atoms with van der Waals surface area (Å²) in [6, 6.07) is 7.42. The van der Waals surface area contributed by atoms with Crippen molar-refractivity contribution in [3.63, 3.8) is 0 Å². The zero-order valence-corrected chi connectivity index (χ0v) is 16.1. The molecule has 1 aliphatic rings. The number of carbonyl (C=O) groups is 1. The molecule has 1 atom stereocenters. The average Bonchev–Trinajstić information content (AvgIpc) is 2.80. The molecule has 1 N–H and O–H groups in total. The first kappa shape index (κ1) is 19.6. The lowest BCUT2D eigenvalue weighted by atomic mass is 9.90. The summed E-state index contributed by atoms with van der Waals surface area (Å²) >= 11 is 5.21. The molecule has 9 heteroatoms. The van der Waals surface area contributed by atoms with Gasteiger partial charge in [0.05, 0.1) is 0 Å². The number of halogens is 3. The van der Waals surface area contributed by atoms with E-state index < -0.39 is 11.0 Å². The van der Waals surface area contributed by atoms with Crippen molar-refractivity contribution in [3.8, 4) is 0 Å². The third-order valence-corrected chi connectivity index (χ3v) is 5.80. The molecule has 0 bridgehead atoms. The zero-order chi connectivity index (χ0) is 19.8. The van der Waals surface area contributed by atoms with Gasteiger partial charge in [-0.05, 0) is 60.5 Å². The first-order chi connectivity index (χ1) is 12.6. The summed E-state index contributed by atoms with van der Waals surface area (Å²) in [5.74, 6) is 0. The number of aromatic nitrogens is 1. The minimum Gasteiger partial charge on any atom is -0.304 e. The minimum atomic E-state index is -4.35. The Balaban J connectivity index is 1.94. The van der Waals surface area contributed by atoms with E-state index in [1.54, 1.807) is 36.4 Å². The van der Waals surface area contributed by atoms with Crippen LogP contribution in [0.5, 0.6) is 0 Å². The molecule has 2 heterocycles. The van der Waals surface area contributed by atoms with Gasteiger partial charge >= 0.3 is 11.5 Å². The van der Waals surface area contributed by atoms with Gasteiger partial charge in [-0.15, -0.1) is 0 Å². The van der Waals surface area contributed by atoms with Crippen LogP contribution in [0.15, 0.2) is 47.6 Å². The molecule has 2 aromatic rings. The van der Waals surface area contributed by atoms with Gasteiger partial charge in [0.1, 0.15) is 10.5 Å². The standard InChI is InChI=1S/C18H16F3N3OS2/c1-11-9-22-8-7-12(11)10-24-16(25)23-15(26)17(24,2)13-3-5-14(6-4-13)27-18(19,20)21/h3-9H,10H2,1-2H3,(H,23,25,26)/t17-/m1/s1. The Labute approximate surface area is 164 Å². The molecular formula is C18H16F3N3OS2. The molecule has 0 aliphatic carbocycles. The van der Waals surface area contributed by atoms with Crippen LogP contribution in [0, 0.1) is 6.92 Å². The van der Waals surface area contributed by atoms with Crippen molar-refractivity contribution < 1.29 is 18.0 Å². The number of carbonyl (C=O) groups excluding carboxylic acids is 1. The van der Waals surface area contributed by atoms with E-state index in [1.807, 2.05) is 13.0 Å². The van der Waals surface area contributed by atoms with E-state index in [2.05, 4.69) is 10.3 Å². The zero-order valence-electron chi connectivity index (χ0n) is 14.5. The summed E-state index contributed by atoms with van der Waals surface area (Å²) in [7, 11) is 0. The maximum Gasteiger partial charge on any atom is 0.446 e. The molecule has 1 aromatic heterocycles. The van der Waals surface area contributed by atoms with Crippen molar-refractivity contribution in [3.05, 3.63) is 59.4 Å². The van der Waals surface area contributed by atoms with Crippen LogP contribution >= 0.6 is 24.0 Å². The van der Waals surface area contributed by atoms with E-state index in [4.69, 9.17) is 12.2 Å². The van der Waals surface area contributed by atoms with E-state index in [0.717, 1.165) is 11.1 Å². The van der Waals surface area contributed by atoms with E-state index >= 15 is 0 Å². The fraction of sp³-hybridized carbons (Fsp3) is 0.278. The quantitative estimate of drug-likeness (QED) is 0.582. The predicted molar refractivity (Wildman–Crippen MR) is 101 cm³/mol. The Kier molecular flexibility index (Phi) is 5.18. The molecule has 1 aliphatic heterocycles. The Morgan fingerprint density at radius 1 is 1.26 bits per heavy atom. The number of thiocarbonyl (C=S) groups is 1. The number of urea groups is 1. The molecule has 0 spiro atoms. The van der Waals surface area contributed by atoms with Crippen molar-refractivity contribution in [2.24, 2.45) is 0 Å². The number of aryl methyl sites for hydroxylation is 1. The molecule has 0 saturated carbocycles. The van der Waals surface area contributed by atoms with Crippen molar-refractivity contribution in [1.82, 2.24) is 15.2 Å². The molecule has 1 saturated heterocycles. The van der Waals surface area contributed by atoms with Crippen LogP contribution in [-0.4, -0.2) is 26.4 Å². The van der Waals surface area contributed by atoms with Crippen LogP contribution in [0.2, 0.25) is 0 Å². The number of nitrogens with zero attached hydrogens (tertiary/aromatic N) is 2. The second-order valence-corrected chi connectivity index (χ2v) is 7.84. The number of benzene rings is 1. The highest BCUT2D eigenvalue weighted by atomic mass is 32.2. The van der Waals surface area contributed by atoms with Crippen molar-refractivity contribution in [1.29, 1.82) is 0 Å². The summed E-state index contributed by atoms with van der Waals surface area (Å²) in [5, 5.41) is 2.67. The second kappa shape index (κ2) is 7.12. The molecule has 2 amide bonds. The Morgan fingerprint density at radius 2 is 1.93 bits per heavy atom. The van der Waals surface area contributed by atoms with Gasteiger partial charge in [0.15, 0.2) is 0 Å². The van der Waals surface area contributed by atoms with Crippen LogP contribution in [0.1, 0.15) is 23.6 Å². The lowest BCUT2D eigenvalue weighted by Gasteiger charge is -2.34. The van der Waals surface area contributed by atoms with Crippen LogP contribution in [-0.2, 0) is 12.1 Å². The highest BCUT2D eigenvalue weighted by molar-refractivity contribution is 8.00. The maximum absolute atomic E-state index is 12.5. The van der Waals surface area contributed by atoms with Gasteiger partial charge in [0.2, 0.25) is 0 Å². The molecule has 3 rings (SSSR count). The van der Waals surface area contributed by atoms with Gasteiger partial charge in [0, 0.05) is 23.8 Å². The van der Waals surface area contributed by atoms with Gasteiger partial charge in [-0.2, -0.15) is 13.2 Å². The first-order valence-electron chi connectivity index (χ1n) is 8.00. The molecule has 1 aromatic carbocycles. The number of alkyl halides is 3. The number of amides is 2. The minimum absolute atomic E-state index is 0.0783. The lowest BCUT2D eigenvalue weighted by Crippen LogP contribution is -2.43. The highest BCUT2D eigenvalue weighted by Gasteiger charge is 2.47. The molecule has 0 unspecified atom stereocenters. The van der Waals surface area contributed by atoms with Crippen LogP contribution < -0.4 is 5.32 Å². The Hall–Kier alpha value is -2.13. The fourth-order valence-electron chi connectivity index (χ4n) is 2.96. The Bertz CT molecular complexity index is 886. The summed E-state index contributed by atoms with van der Waals surface area (Å²) in [5.41, 5.74) is -2.81. The number of nitrogens with one attached hydrogen (secondary N) is 1. The third-order valence-electron chi connectivity index (χ3n) is 4.56. The third kappa shape index (κ3) is 3.93. The Morgan fingerprint density at radius 3 is 2.52 bits per heavy atom. The number of thioether (sulfide) groups is 1.